The second-order valence-electron chi connectivity index (χ2n) is 2.78. The Balaban J connectivity index is 2.36. The maximum atomic E-state index is 11.2. The molecule has 0 aliphatic heterocycles. The molecular formula is C8H12ClN3O. The molecule has 0 aliphatic rings. The third-order valence-corrected chi connectivity index (χ3v) is 1.78. The van der Waals surface area contributed by atoms with Crippen molar-refractivity contribution in [3.63, 3.8) is 0 Å². The van der Waals surface area contributed by atoms with Crippen molar-refractivity contribution in [1.82, 2.24) is 10.2 Å². The van der Waals surface area contributed by atoms with Gasteiger partial charge in [-0.1, -0.05) is 0 Å². The minimum absolute atomic E-state index is 0.0489. The maximum Gasteiger partial charge on any atom is 0.225 e. The zero-order valence-electron chi connectivity index (χ0n) is 7.43. The first-order chi connectivity index (χ1) is 6.22. The molecule has 0 saturated carbocycles. The van der Waals surface area contributed by atoms with Gasteiger partial charge in [-0.05, 0) is 13.3 Å². The summed E-state index contributed by atoms with van der Waals surface area (Å²) in [4.78, 5) is 11.2. The van der Waals surface area contributed by atoms with Crippen LogP contribution in [0.25, 0.3) is 0 Å². The Morgan fingerprint density at radius 2 is 2.54 bits per heavy atom. The topological polar surface area (TPSA) is 57.8 Å². The van der Waals surface area contributed by atoms with E-state index in [1.165, 1.54) is 0 Å². The molecule has 1 aromatic rings. The lowest BCUT2D eigenvalue weighted by atomic mass is 10.3. The number of hydrogen-bond acceptors (Lipinski definition) is 2. The van der Waals surface area contributed by atoms with Crippen molar-refractivity contribution >= 4 is 23.3 Å². The van der Waals surface area contributed by atoms with Crippen molar-refractivity contribution in [2.45, 2.75) is 19.8 Å². The van der Waals surface area contributed by atoms with Crippen LogP contribution >= 0.6 is 11.6 Å². The number of carbonyl (C=O) groups is 1. The standard InChI is InChI=1S/C8H12ClN3O/c1-6-5-7(12-11-6)10-8(13)3-2-4-9/h5H,2-4H2,1H3,(H2,10,11,12,13). The van der Waals surface area contributed by atoms with Crippen LogP contribution < -0.4 is 5.32 Å². The Morgan fingerprint density at radius 3 is 3.08 bits per heavy atom. The summed E-state index contributed by atoms with van der Waals surface area (Å²) < 4.78 is 0. The highest BCUT2D eigenvalue weighted by Gasteiger charge is 2.03. The number of aryl methyl sites for hydroxylation is 1. The molecule has 72 valence electrons. The smallest absolute Gasteiger partial charge is 0.225 e. The molecular weight excluding hydrogens is 190 g/mol. The largest absolute Gasteiger partial charge is 0.309 e. The summed E-state index contributed by atoms with van der Waals surface area (Å²) in [5.74, 6) is 1.02. The Hall–Kier alpha value is -1.03. The van der Waals surface area contributed by atoms with Crippen molar-refractivity contribution < 1.29 is 4.79 Å². The van der Waals surface area contributed by atoms with E-state index in [0.717, 1.165) is 5.69 Å². The van der Waals surface area contributed by atoms with Gasteiger partial charge in [0.25, 0.3) is 0 Å². The fraction of sp³-hybridized carbons (Fsp3) is 0.500. The first kappa shape index (κ1) is 10.1. The van der Waals surface area contributed by atoms with Crippen molar-refractivity contribution in [3.05, 3.63) is 11.8 Å². The fourth-order valence-corrected chi connectivity index (χ4v) is 1.05. The van der Waals surface area contributed by atoms with Gasteiger partial charge < -0.3 is 5.32 Å². The highest BCUT2D eigenvalue weighted by Crippen LogP contribution is 2.04. The van der Waals surface area contributed by atoms with Crippen LogP contribution in [0.4, 0.5) is 5.82 Å². The molecule has 4 nitrogen and oxygen atoms in total. The molecule has 1 aromatic heterocycles. The number of H-pyrrole nitrogens is 1. The lowest BCUT2D eigenvalue weighted by Crippen LogP contribution is -2.11. The molecule has 0 radical (unpaired) electrons. The Bertz CT molecular complexity index is 285. The Kier molecular flexibility index (Phi) is 3.76. The monoisotopic (exact) mass is 201 g/mol. The van der Waals surface area contributed by atoms with E-state index in [9.17, 15) is 4.79 Å². The SMILES string of the molecule is Cc1cc(NC(=O)CCCCl)n[nH]1. The molecule has 1 rings (SSSR count). The molecule has 0 atom stereocenters. The molecule has 0 bridgehead atoms. The van der Waals surface area contributed by atoms with Crippen LogP contribution in [0.2, 0.25) is 0 Å². The zero-order chi connectivity index (χ0) is 9.68. The number of aromatic amines is 1. The molecule has 0 aliphatic carbocycles. The molecule has 0 spiro atoms. The van der Waals surface area contributed by atoms with Gasteiger partial charge in [0, 0.05) is 24.1 Å². The van der Waals surface area contributed by atoms with E-state index in [1.54, 1.807) is 6.07 Å². The normalized spacial score (nSPS) is 10.0. The van der Waals surface area contributed by atoms with E-state index >= 15 is 0 Å². The molecule has 13 heavy (non-hydrogen) atoms. The summed E-state index contributed by atoms with van der Waals surface area (Å²) in [5, 5.41) is 9.27. The van der Waals surface area contributed by atoms with Crippen molar-refractivity contribution in [2.75, 3.05) is 11.2 Å². The van der Waals surface area contributed by atoms with Crippen molar-refractivity contribution in [2.24, 2.45) is 0 Å². The molecule has 0 unspecified atom stereocenters. The van der Waals surface area contributed by atoms with Crippen molar-refractivity contribution in [1.29, 1.82) is 0 Å². The van der Waals surface area contributed by atoms with Gasteiger partial charge in [-0.15, -0.1) is 11.6 Å². The highest BCUT2D eigenvalue weighted by atomic mass is 35.5. The zero-order valence-corrected chi connectivity index (χ0v) is 8.19. The highest BCUT2D eigenvalue weighted by molar-refractivity contribution is 6.18. The Morgan fingerprint density at radius 1 is 1.77 bits per heavy atom. The van der Waals surface area contributed by atoms with Gasteiger partial charge in [-0.25, -0.2) is 0 Å². The summed E-state index contributed by atoms with van der Waals surface area (Å²) in [5.41, 5.74) is 0.924. The second-order valence-corrected chi connectivity index (χ2v) is 3.15. The molecule has 1 amide bonds. The average Bonchev–Trinajstić information content (AvgIpc) is 2.48. The number of nitrogens with one attached hydrogen (secondary N) is 2. The number of nitrogens with zero attached hydrogens (tertiary/aromatic N) is 1. The van der Waals surface area contributed by atoms with Gasteiger partial charge in [0.1, 0.15) is 0 Å². The summed E-state index contributed by atoms with van der Waals surface area (Å²) in [6.45, 7) is 1.88. The quantitative estimate of drug-likeness (QED) is 0.729. The van der Waals surface area contributed by atoms with E-state index < -0.39 is 0 Å². The third-order valence-electron chi connectivity index (χ3n) is 1.51. The molecule has 2 N–H and O–H groups in total. The molecule has 5 heteroatoms. The van der Waals surface area contributed by atoms with Crippen molar-refractivity contribution in [3.8, 4) is 0 Å². The number of halogens is 1. The maximum absolute atomic E-state index is 11.2. The number of aromatic nitrogens is 2. The second kappa shape index (κ2) is 4.87. The molecule has 0 fully saturated rings. The predicted octanol–water partition coefficient (Wildman–Crippen LogP) is 1.68. The summed E-state index contributed by atoms with van der Waals surface area (Å²) >= 11 is 5.45. The number of rotatable bonds is 4. The predicted molar refractivity (Wildman–Crippen MR) is 51.9 cm³/mol. The summed E-state index contributed by atoms with van der Waals surface area (Å²) in [6.07, 6.45) is 1.13. The minimum atomic E-state index is -0.0489. The van der Waals surface area contributed by atoms with E-state index in [1.807, 2.05) is 6.92 Å². The number of hydrogen-bond donors (Lipinski definition) is 2. The van der Waals surface area contributed by atoms with Crippen LogP contribution in [-0.2, 0) is 4.79 Å². The molecule has 0 saturated heterocycles. The fourth-order valence-electron chi connectivity index (χ4n) is 0.915. The third kappa shape index (κ3) is 3.46. The van der Waals surface area contributed by atoms with E-state index in [2.05, 4.69) is 15.5 Å². The van der Waals surface area contributed by atoms with Crippen LogP contribution in [-0.4, -0.2) is 22.0 Å². The molecule has 1 heterocycles. The number of amides is 1. The molecule has 0 aromatic carbocycles. The van der Waals surface area contributed by atoms with Crippen LogP contribution in [0, 0.1) is 6.92 Å². The van der Waals surface area contributed by atoms with E-state index in [4.69, 9.17) is 11.6 Å². The average molecular weight is 202 g/mol. The van der Waals surface area contributed by atoms with Gasteiger partial charge in [-0.2, -0.15) is 5.10 Å². The Labute approximate surface area is 81.7 Å². The number of carbonyl (C=O) groups excluding carboxylic acids is 1. The van der Waals surface area contributed by atoms with Gasteiger partial charge in [0.05, 0.1) is 0 Å². The lowest BCUT2D eigenvalue weighted by molar-refractivity contribution is -0.116. The van der Waals surface area contributed by atoms with Gasteiger partial charge >= 0.3 is 0 Å². The van der Waals surface area contributed by atoms with Crippen LogP contribution in [0.1, 0.15) is 18.5 Å². The van der Waals surface area contributed by atoms with Crippen LogP contribution in [0.5, 0.6) is 0 Å². The minimum Gasteiger partial charge on any atom is -0.309 e. The summed E-state index contributed by atoms with van der Waals surface area (Å²) in [6, 6.07) is 1.78. The van der Waals surface area contributed by atoms with Gasteiger partial charge in [0.15, 0.2) is 5.82 Å². The van der Waals surface area contributed by atoms with Crippen LogP contribution in [0.15, 0.2) is 6.07 Å². The van der Waals surface area contributed by atoms with E-state index in [-0.39, 0.29) is 5.91 Å². The van der Waals surface area contributed by atoms with Gasteiger partial charge in [0.2, 0.25) is 5.91 Å². The number of anilines is 1. The van der Waals surface area contributed by atoms with Gasteiger partial charge in [-0.3, -0.25) is 9.89 Å². The number of alkyl halides is 1. The first-order valence-electron chi connectivity index (χ1n) is 4.10. The summed E-state index contributed by atoms with van der Waals surface area (Å²) in [7, 11) is 0. The lowest BCUT2D eigenvalue weighted by Gasteiger charge is -1.98. The first-order valence-corrected chi connectivity index (χ1v) is 4.63. The van der Waals surface area contributed by atoms with E-state index in [0.29, 0.717) is 24.5 Å². The van der Waals surface area contributed by atoms with Crippen LogP contribution in [0.3, 0.4) is 0 Å².